The zero-order chi connectivity index (χ0) is 36.1. The molecule has 10 nitrogen and oxygen atoms in total. The average Bonchev–Trinajstić information content (AvgIpc) is 3.92. The number of carbonyl (C=O) groups excluding carboxylic acids is 3. The second-order valence-electron chi connectivity index (χ2n) is 11.1. The van der Waals surface area contributed by atoms with Gasteiger partial charge in [-0.1, -0.05) is 69.2 Å². The van der Waals surface area contributed by atoms with Gasteiger partial charge in [0, 0.05) is 49.6 Å². The number of aliphatic hydroxyl groups excluding tert-OH is 1. The maximum atomic E-state index is 12.8. The van der Waals surface area contributed by atoms with E-state index in [1.54, 1.807) is 24.2 Å². The summed E-state index contributed by atoms with van der Waals surface area (Å²) in [6.45, 7) is 8.97. The highest BCUT2D eigenvalue weighted by atomic mass is 16.5. The van der Waals surface area contributed by atoms with Crippen LogP contribution in [-0.2, 0) is 20.9 Å². The molecule has 1 aliphatic carbocycles. The molecule has 1 aliphatic rings. The van der Waals surface area contributed by atoms with Gasteiger partial charge in [-0.2, -0.15) is 0 Å². The number of aliphatic hydroxyl groups is 1. The minimum Gasteiger partial charge on any atom is -0.449 e. The number of rotatable bonds is 9. The van der Waals surface area contributed by atoms with Gasteiger partial charge in [0.1, 0.15) is 6.79 Å². The number of amides is 2. The molecular formula is C38H48N4O6. The predicted molar refractivity (Wildman–Crippen MR) is 194 cm³/mol. The Hall–Kier alpha value is -5.40. The van der Waals surface area contributed by atoms with Crippen LogP contribution in [0.5, 0.6) is 0 Å². The summed E-state index contributed by atoms with van der Waals surface area (Å²) in [5.74, 6) is 1.05. The van der Waals surface area contributed by atoms with E-state index in [-0.39, 0.29) is 30.5 Å². The Balaban J connectivity index is 0.00000102. The number of hydrogen-bond acceptors (Lipinski definition) is 7. The number of hydrogen-bond donors (Lipinski definition) is 4. The summed E-state index contributed by atoms with van der Waals surface area (Å²) >= 11 is 0. The summed E-state index contributed by atoms with van der Waals surface area (Å²) in [6.07, 6.45) is 12.1. The monoisotopic (exact) mass is 656 g/mol. The van der Waals surface area contributed by atoms with Crippen LogP contribution in [0.15, 0.2) is 83.8 Å². The van der Waals surface area contributed by atoms with Crippen molar-refractivity contribution in [2.75, 3.05) is 37.9 Å². The average molecular weight is 657 g/mol. The molecule has 48 heavy (non-hydrogen) atoms. The molecule has 0 bridgehead atoms. The van der Waals surface area contributed by atoms with Crippen LogP contribution in [0.4, 0.5) is 16.2 Å². The van der Waals surface area contributed by atoms with Crippen LogP contribution >= 0.6 is 0 Å². The number of aromatic nitrogens is 1. The van der Waals surface area contributed by atoms with Crippen LogP contribution in [0.2, 0.25) is 0 Å². The number of benzene rings is 3. The highest BCUT2D eigenvalue weighted by Gasteiger charge is 2.14. The normalized spacial score (nSPS) is 11.6. The number of carbonyl (C=O) groups is 3. The fourth-order valence-electron chi connectivity index (χ4n) is 4.27. The van der Waals surface area contributed by atoms with Crippen LogP contribution in [-0.4, -0.2) is 61.1 Å². The molecule has 4 aromatic rings. The molecule has 0 unspecified atom stereocenters. The highest BCUT2D eigenvalue weighted by molar-refractivity contribution is 5.87. The van der Waals surface area contributed by atoms with Crippen molar-refractivity contribution in [1.29, 1.82) is 0 Å². The number of nitrogens with zero attached hydrogens (tertiary/aromatic N) is 1. The Morgan fingerprint density at radius 2 is 1.65 bits per heavy atom. The molecule has 0 radical (unpaired) electrons. The second-order valence-corrected chi connectivity index (χ2v) is 11.1. The third kappa shape index (κ3) is 13.9. The predicted octanol–water partition coefficient (Wildman–Crippen LogP) is 6.35. The first kappa shape index (κ1) is 40.6. The largest absolute Gasteiger partial charge is 0.449 e. The van der Waals surface area contributed by atoms with Gasteiger partial charge in [-0.25, -0.2) is 4.79 Å². The Labute approximate surface area is 283 Å². The second kappa shape index (κ2) is 22.2. The fraction of sp³-hybridized carbons (Fsp3) is 0.316. The fourth-order valence-corrected chi connectivity index (χ4v) is 4.27. The van der Waals surface area contributed by atoms with Gasteiger partial charge < -0.3 is 29.8 Å². The van der Waals surface area contributed by atoms with E-state index >= 15 is 0 Å². The maximum Gasteiger partial charge on any atom is 0.411 e. The molecule has 3 aromatic carbocycles. The number of nitrogens with one attached hydrogen (secondary N) is 3. The first-order valence-electron chi connectivity index (χ1n) is 15.4. The summed E-state index contributed by atoms with van der Waals surface area (Å²) in [5, 5.41) is 14.3. The Morgan fingerprint density at radius 3 is 2.27 bits per heavy atom. The zero-order valence-corrected chi connectivity index (χ0v) is 28.5. The lowest BCUT2D eigenvalue weighted by Gasteiger charge is -2.20. The van der Waals surface area contributed by atoms with Crippen molar-refractivity contribution in [3.05, 3.63) is 106 Å². The third-order valence-electron chi connectivity index (χ3n) is 7.35. The molecule has 1 saturated carbocycles. The SMILES string of the molecule is C#C.C=O.CC1CC1.CO.Cc1ccc(NC(=O)OC[C@H](C)c2ccccc2)cc1CN(C)C(=O)CNc1ccc2cc[nH]c(=O)c2c1. The van der Waals surface area contributed by atoms with Crippen LogP contribution in [0.3, 0.4) is 0 Å². The van der Waals surface area contributed by atoms with Gasteiger partial charge >= 0.3 is 6.09 Å². The molecule has 0 saturated heterocycles. The molecule has 1 fully saturated rings. The summed E-state index contributed by atoms with van der Waals surface area (Å²) < 4.78 is 5.42. The lowest BCUT2D eigenvalue weighted by atomic mass is 10.0. The van der Waals surface area contributed by atoms with Crippen LogP contribution in [0, 0.1) is 25.7 Å². The van der Waals surface area contributed by atoms with Crippen LogP contribution in [0.25, 0.3) is 10.8 Å². The van der Waals surface area contributed by atoms with E-state index in [2.05, 4.69) is 35.4 Å². The molecule has 256 valence electrons. The van der Waals surface area contributed by atoms with Crippen molar-refractivity contribution >= 4 is 40.9 Å². The standard InChI is InChI=1S/C30H32N4O4.C4H8.C2H2.CH4O.CH2O/c1-20-9-11-26(33-30(37)38-19-21(2)22-7-5-4-6-8-22)15-24(20)18-34(3)28(35)17-32-25-12-10-23-13-14-31-29(36)27(23)16-25;1-4-2-3-4;3*1-2/h4-16,21,32H,17-19H2,1-3H3,(H,31,36)(H,33,37);4H,2-3H2,1H3;1-2H;2H,1H3;1H2/t21-;;;;/m0..../s1. The quantitative estimate of drug-likeness (QED) is 0.154. The highest BCUT2D eigenvalue weighted by Crippen LogP contribution is 2.26. The number of fused-ring (bicyclic) bond motifs is 1. The van der Waals surface area contributed by atoms with Crippen molar-refractivity contribution in [1.82, 2.24) is 9.88 Å². The first-order chi connectivity index (χ1) is 23.2. The Kier molecular flexibility index (Phi) is 18.8. The van der Waals surface area contributed by atoms with Crippen molar-refractivity contribution in [3.63, 3.8) is 0 Å². The van der Waals surface area contributed by atoms with Gasteiger partial charge in [-0.05, 0) is 65.3 Å². The number of terminal acetylenes is 1. The van der Waals surface area contributed by atoms with E-state index in [1.807, 2.05) is 87.4 Å². The molecule has 1 aromatic heterocycles. The minimum atomic E-state index is -0.523. The lowest BCUT2D eigenvalue weighted by Crippen LogP contribution is -2.32. The summed E-state index contributed by atoms with van der Waals surface area (Å²) in [5.41, 5.74) is 4.14. The van der Waals surface area contributed by atoms with Crippen LogP contribution < -0.4 is 16.2 Å². The van der Waals surface area contributed by atoms with Crippen molar-refractivity contribution in [2.24, 2.45) is 5.92 Å². The number of pyridine rings is 1. The van der Waals surface area contributed by atoms with E-state index < -0.39 is 6.09 Å². The van der Waals surface area contributed by atoms with E-state index in [4.69, 9.17) is 14.6 Å². The van der Waals surface area contributed by atoms with Gasteiger partial charge in [0.05, 0.1) is 13.2 Å². The van der Waals surface area contributed by atoms with E-state index in [0.29, 0.717) is 23.3 Å². The number of likely N-dealkylation sites (N-methyl/N-ethyl adjacent to an activating group) is 1. The van der Waals surface area contributed by atoms with Gasteiger partial charge in [0.2, 0.25) is 5.91 Å². The molecule has 2 amide bonds. The molecule has 0 spiro atoms. The number of ether oxygens (including phenoxy) is 1. The van der Waals surface area contributed by atoms with E-state index in [1.165, 1.54) is 12.8 Å². The lowest BCUT2D eigenvalue weighted by molar-refractivity contribution is -0.128. The molecule has 10 heteroatoms. The molecule has 5 rings (SSSR count). The van der Waals surface area contributed by atoms with Crippen molar-refractivity contribution in [3.8, 4) is 12.8 Å². The summed E-state index contributed by atoms with van der Waals surface area (Å²) in [6, 6.07) is 22.7. The molecule has 0 aliphatic heterocycles. The molecular weight excluding hydrogens is 608 g/mol. The molecule has 4 N–H and O–H groups in total. The number of H-pyrrole nitrogens is 1. The first-order valence-corrected chi connectivity index (χ1v) is 15.4. The summed E-state index contributed by atoms with van der Waals surface area (Å²) in [7, 11) is 2.73. The maximum absolute atomic E-state index is 12.8. The number of anilines is 2. The van der Waals surface area contributed by atoms with Crippen molar-refractivity contribution < 1.29 is 24.2 Å². The van der Waals surface area contributed by atoms with Gasteiger partial charge in [0.15, 0.2) is 0 Å². The number of aryl methyl sites for hydroxylation is 1. The summed E-state index contributed by atoms with van der Waals surface area (Å²) in [4.78, 5) is 49.5. The smallest absolute Gasteiger partial charge is 0.411 e. The molecule has 1 atom stereocenters. The van der Waals surface area contributed by atoms with E-state index in [0.717, 1.165) is 35.1 Å². The topological polar surface area (TPSA) is 141 Å². The third-order valence-corrected chi connectivity index (χ3v) is 7.35. The zero-order valence-electron chi connectivity index (χ0n) is 28.5. The number of aromatic amines is 1. The van der Waals surface area contributed by atoms with Crippen LogP contribution in [0.1, 0.15) is 49.3 Å². The Morgan fingerprint density at radius 1 is 1.02 bits per heavy atom. The minimum absolute atomic E-state index is 0.0790. The Bertz CT molecular complexity index is 1630. The molecule has 1 heterocycles. The van der Waals surface area contributed by atoms with Gasteiger partial charge in [0.25, 0.3) is 5.56 Å². The van der Waals surface area contributed by atoms with Gasteiger partial charge in [-0.15, -0.1) is 12.8 Å². The van der Waals surface area contributed by atoms with E-state index in [9.17, 15) is 14.4 Å². The van der Waals surface area contributed by atoms with Crippen molar-refractivity contribution in [2.45, 2.75) is 46.1 Å². The van der Waals surface area contributed by atoms with Gasteiger partial charge in [-0.3, -0.25) is 14.9 Å².